The summed E-state index contributed by atoms with van der Waals surface area (Å²) in [6.45, 7) is 2.86. The van der Waals surface area contributed by atoms with Crippen LogP contribution in [0.15, 0.2) is 78.0 Å². The Morgan fingerprint density at radius 1 is 1.03 bits per heavy atom. The van der Waals surface area contributed by atoms with Gasteiger partial charge in [0, 0.05) is 43.0 Å². The molecule has 0 aliphatic carbocycles. The van der Waals surface area contributed by atoms with Gasteiger partial charge < -0.3 is 30.4 Å². The lowest BCUT2D eigenvalue weighted by Crippen LogP contribution is -2.34. The zero-order valence-corrected chi connectivity index (χ0v) is 20.9. The first-order valence-corrected chi connectivity index (χ1v) is 13.0. The molecule has 36 heavy (non-hydrogen) atoms. The molecule has 2 heterocycles. The number of carbonyl (C=O) groups excluding carboxylic acids is 1. The Balaban J connectivity index is 1.47. The molecule has 0 saturated carbocycles. The Labute approximate surface area is 215 Å². The van der Waals surface area contributed by atoms with Crippen LogP contribution in [0.1, 0.15) is 48.0 Å². The number of nitrogens with one attached hydrogen (secondary N) is 2. The van der Waals surface area contributed by atoms with Crippen molar-refractivity contribution in [3.63, 3.8) is 0 Å². The summed E-state index contributed by atoms with van der Waals surface area (Å²) < 4.78 is 13.6. The van der Waals surface area contributed by atoms with Crippen LogP contribution in [0.2, 0.25) is 0 Å². The Hall–Kier alpha value is -3.11. The van der Waals surface area contributed by atoms with Crippen LogP contribution in [0.5, 0.6) is 0 Å². The van der Waals surface area contributed by atoms with Gasteiger partial charge in [-0.1, -0.05) is 60.3 Å². The molecule has 2 aromatic carbocycles. The van der Waals surface area contributed by atoms with Gasteiger partial charge in [0.1, 0.15) is 0 Å². The van der Waals surface area contributed by atoms with Gasteiger partial charge in [0.15, 0.2) is 12.5 Å². The number of aromatic nitrogens is 1. The van der Waals surface area contributed by atoms with E-state index >= 15 is 0 Å². The second-order valence-electron chi connectivity index (χ2n) is 8.48. The molecule has 0 radical (unpaired) electrons. The summed E-state index contributed by atoms with van der Waals surface area (Å²) in [5.74, 6) is 0.603. The summed E-state index contributed by atoms with van der Waals surface area (Å²) in [7, 11) is 0. The van der Waals surface area contributed by atoms with Crippen molar-refractivity contribution in [2.75, 3.05) is 12.3 Å². The van der Waals surface area contributed by atoms with Gasteiger partial charge in [-0.2, -0.15) is 4.73 Å². The van der Waals surface area contributed by atoms with E-state index in [0.717, 1.165) is 27.0 Å². The Morgan fingerprint density at radius 3 is 2.44 bits per heavy atom. The largest absolute Gasteiger partial charge is 0.618 e. The maximum absolute atomic E-state index is 12.1. The van der Waals surface area contributed by atoms with Crippen LogP contribution in [0.4, 0.5) is 4.79 Å². The topological polar surface area (TPSA) is 107 Å². The fraction of sp³-hybridized carbons (Fsp3) is 0.333. The number of hydrogen-bond acceptors (Lipinski definition) is 6. The molecule has 1 saturated heterocycles. The summed E-state index contributed by atoms with van der Waals surface area (Å²) in [5.41, 5.74) is 3.70. The molecule has 0 spiro atoms. The molecule has 3 atom stereocenters. The van der Waals surface area contributed by atoms with Gasteiger partial charge in [-0.25, -0.2) is 4.79 Å². The number of pyridine rings is 1. The van der Waals surface area contributed by atoms with Crippen molar-refractivity contribution >= 4 is 17.8 Å². The number of thioether (sulfide) groups is 1. The number of amides is 2. The molecule has 8 nitrogen and oxygen atoms in total. The Morgan fingerprint density at radius 2 is 1.75 bits per heavy atom. The molecule has 190 valence electrons. The van der Waals surface area contributed by atoms with E-state index in [2.05, 4.69) is 10.6 Å². The highest BCUT2D eigenvalue weighted by Crippen LogP contribution is 2.39. The van der Waals surface area contributed by atoms with Crippen LogP contribution < -0.4 is 15.4 Å². The Bertz CT molecular complexity index is 1130. The number of carbonyl (C=O) groups is 1. The molecule has 4 rings (SSSR count). The van der Waals surface area contributed by atoms with E-state index in [-0.39, 0.29) is 24.8 Å². The first-order valence-electron chi connectivity index (χ1n) is 12.0. The molecule has 0 bridgehead atoms. The van der Waals surface area contributed by atoms with Gasteiger partial charge in [-0.3, -0.25) is 0 Å². The van der Waals surface area contributed by atoms with Crippen molar-refractivity contribution < 1.29 is 24.1 Å². The SMILES string of the molecule is CCNC(=O)NCc1ccc([C@H]2O[C@@H](CSc3cccc[n+]3[O-])C[C@@H](c3ccc(CO)cc3)O2)cc1. The van der Waals surface area contributed by atoms with Crippen LogP contribution in [0, 0.1) is 5.21 Å². The molecule has 1 aliphatic heterocycles. The predicted octanol–water partition coefficient (Wildman–Crippen LogP) is 3.97. The zero-order valence-electron chi connectivity index (χ0n) is 20.1. The second-order valence-corrected chi connectivity index (χ2v) is 9.52. The highest BCUT2D eigenvalue weighted by atomic mass is 32.2. The van der Waals surface area contributed by atoms with Crippen molar-refractivity contribution in [2.24, 2.45) is 0 Å². The average Bonchev–Trinajstić information content (AvgIpc) is 2.92. The fourth-order valence-corrected chi connectivity index (χ4v) is 4.86. The molecule has 2 amide bonds. The van der Waals surface area contributed by atoms with Crippen LogP contribution >= 0.6 is 11.8 Å². The van der Waals surface area contributed by atoms with Crippen molar-refractivity contribution in [3.05, 3.63) is 100 Å². The van der Waals surface area contributed by atoms with Crippen molar-refractivity contribution in [1.29, 1.82) is 0 Å². The third-order valence-electron chi connectivity index (χ3n) is 5.86. The average molecular weight is 510 g/mol. The third kappa shape index (κ3) is 6.98. The number of benzene rings is 2. The smallest absolute Gasteiger partial charge is 0.315 e. The molecule has 1 fully saturated rings. The minimum atomic E-state index is -0.576. The highest BCUT2D eigenvalue weighted by molar-refractivity contribution is 7.99. The minimum absolute atomic E-state index is 0.00954. The van der Waals surface area contributed by atoms with Gasteiger partial charge in [-0.15, -0.1) is 0 Å². The lowest BCUT2D eigenvalue weighted by atomic mass is 10.0. The monoisotopic (exact) mass is 509 g/mol. The molecule has 3 aromatic rings. The second kappa shape index (κ2) is 12.7. The maximum Gasteiger partial charge on any atom is 0.315 e. The van der Waals surface area contributed by atoms with E-state index in [1.54, 1.807) is 12.1 Å². The van der Waals surface area contributed by atoms with Gasteiger partial charge in [0.2, 0.25) is 0 Å². The number of aliphatic hydroxyl groups excluding tert-OH is 1. The van der Waals surface area contributed by atoms with E-state index < -0.39 is 6.29 Å². The first kappa shape index (κ1) is 26.0. The minimum Gasteiger partial charge on any atom is -0.618 e. The molecule has 0 unspecified atom stereocenters. The number of aliphatic hydroxyl groups is 1. The Kier molecular flexibility index (Phi) is 9.18. The quantitative estimate of drug-likeness (QED) is 0.229. The van der Waals surface area contributed by atoms with E-state index in [4.69, 9.17) is 9.47 Å². The van der Waals surface area contributed by atoms with Crippen LogP contribution in [0.25, 0.3) is 0 Å². The van der Waals surface area contributed by atoms with Crippen LogP contribution in [0.3, 0.4) is 0 Å². The van der Waals surface area contributed by atoms with Gasteiger partial charge in [0.05, 0.1) is 18.8 Å². The third-order valence-corrected chi connectivity index (χ3v) is 7.01. The fourth-order valence-electron chi connectivity index (χ4n) is 3.92. The summed E-state index contributed by atoms with van der Waals surface area (Å²) >= 11 is 1.46. The normalized spacial score (nSPS) is 19.6. The van der Waals surface area contributed by atoms with Crippen molar-refractivity contribution in [3.8, 4) is 0 Å². The highest BCUT2D eigenvalue weighted by Gasteiger charge is 2.32. The van der Waals surface area contributed by atoms with Gasteiger partial charge >= 0.3 is 6.03 Å². The standard InChI is InChI=1S/C27H31N3O5S/c1-2-28-27(32)29-16-19-6-12-22(13-7-19)26-34-23(18-36-25-5-3-4-14-30(25)33)15-24(35-26)21-10-8-20(17-31)9-11-21/h3-14,23-24,26,31H,2,15-18H2,1H3,(H2,28,29,32)/t23-,24+,26+/m1/s1. The van der Waals surface area contributed by atoms with Gasteiger partial charge in [0.25, 0.3) is 5.03 Å². The molecule has 3 N–H and O–H groups in total. The summed E-state index contributed by atoms with van der Waals surface area (Å²) in [4.78, 5) is 11.7. The summed E-state index contributed by atoms with van der Waals surface area (Å²) in [6, 6.07) is 20.7. The van der Waals surface area contributed by atoms with E-state index in [9.17, 15) is 15.1 Å². The number of nitrogens with zero attached hydrogens (tertiary/aromatic N) is 1. The molecular formula is C27H31N3O5S. The van der Waals surface area contributed by atoms with Crippen molar-refractivity contribution in [2.45, 2.75) is 50.0 Å². The molecule has 1 aliphatic rings. The zero-order chi connectivity index (χ0) is 25.3. The maximum atomic E-state index is 12.1. The first-order chi connectivity index (χ1) is 17.6. The van der Waals surface area contributed by atoms with E-state index in [1.165, 1.54) is 18.0 Å². The van der Waals surface area contributed by atoms with Gasteiger partial charge in [-0.05, 0) is 29.7 Å². The number of ether oxygens (including phenoxy) is 2. The number of urea groups is 1. The summed E-state index contributed by atoms with van der Waals surface area (Å²) in [5, 5.41) is 27.6. The predicted molar refractivity (Wildman–Crippen MR) is 137 cm³/mol. The van der Waals surface area contributed by atoms with Crippen LogP contribution in [-0.4, -0.2) is 29.5 Å². The lowest BCUT2D eigenvalue weighted by molar-refractivity contribution is -0.645. The van der Waals surface area contributed by atoms with Crippen molar-refractivity contribution in [1.82, 2.24) is 10.6 Å². The number of hydrogen-bond donors (Lipinski definition) is 3. The van der Waals surface area contributed by atoms with E-state index in [1.807, 2.05) is 61.5 Å². The molecule has 1 aromatic heterocycles. The summed E-state index contributed by atoms with van der Waals surface area (Å²) in [6.07, 6.45) is 1.21. The number of rotatable bonds is 9. The molecular weight excluding hydrogens is 478 g/mol. The lowest BCUT2D eigenvalue weighted by Gasteiger charge is -2.36. The molecule has 9 heteroatoms. The van der Waals surface area contributed by atoms with Crippen LogP contribution in [-0.2, 0) is 22.6 Å². The van der Waals surface area contributed by atoms with E-state index in [0.29, 0.717) is 30.3 Å².